The Balaban J connectivity index is 1.36. The lowest BCUT2D eigenvalue weighted by Gasteiger charge is -2.09. The van der Waals surface area contributed by atoms with Gasteiger partial charge in [-0.1, -0.05) is 12.1 Å². The average molecular weight is 417 g/mol. The zero-order valence-electron chi connectivity index (χ0n) is 17.1. The summed E-state index contributed by atoms with van der Waals surface area (Å²) in [5.41, 5.74) is 3.54. The summed E-state index contributed by atoms with van der Waals surface area (Å²) in [5, 5.41) is 21.3. The number of aromatic nitrogens is 5. The number of nitrogens with one attached hydrogen (secondary N) is 1. The van der Waals surface area contributed by atoms with E-state index < -0.39 is 5.97 Å². The van der Waals surface area contributed by atoms with Crippen molar-refractivity contribution in [1.29, 1.82) is 0 Å². The highest BCUT2D eigenvalue weighted by Gasteiger charge is 2.20. The molecule has 0 spiro atoms. The summed E-state index contributed by atoms with van der Waals surface area (Å²) in [6, 6.07) is 10.6. The Morgan fingerprint density at radius 3 is 2.84 bits per heavy atom. The van der Waals surface area contributed by atoms with E-state index in [1.165, 1.54) is 6.42 Å². The van der Waals surface area contributed by atoms with Crippen LogP contribution in [0.3, 0.4) is 0 Å². The quantitative estimate of drug-likeness (QED) is 0.497. The summed E-state index contributed by atoms with van der Waals surface area (Å²) in [6.07, 6.45) is 6.80. The van der Waals surface area contributed by atoms with E-state index in [1.807, 2.05) is 29.2 Å². The third-order valence-corrected chi connectivity index (χ3v) is 5.63. The number of rotatable bonds is 6. The molecule has 31 heavy (non-hydrogen) atoms. The third kappa shape index (κ3) is 3.99. The van der Waals surface area contributed by atoms with Crippen LogP contribution in [-0.2, 0) is 6.54 Å². The summed E-state index contributed by atoms with van der Waals surface area (Å²) in [5.74, 6) is 0.162. The highest BCUT2D eigenvalue weighted by atomic mass is 16.4. The maximum absolute atomic E-state index is 11.1. The summed E-state index contributed by atoms with van der Waals surface area (Å²) in [4.78, 5) is 18.1. The molecule has 1 aliphatic heterocycles. The van der Waals surface area contributed by atoms with Gasteiger partial charge in [-0.05, 0) is 55.8 Å². The molecule has 4 heterocycles. The maximum Gasteiger partial charge on any atom is 0.335 e. The van der Waals surface area contributed by atoms with Gasteiger partial charge in [0, 0.05) is 31.0 Å². The van der Waals surface area contributed by atoms with Crippen LogP contribution in [0.1, 0.15) is 16.8 Å². The van der Waals surface area contributed by atoms with Crippen molar-refractivity contribution in [3.8, 4) is 11.1 Å². The Morgan fingerprint density at radius 2 is 2.10 bits per heavy atom. The summed E-state index contributed by atoms with van der Waals surface area (Å²) in [7, 11) is 2.15. The van der Waals surface area contributed by atoms with Crippen molar-refractivity contribution in [3.63, 3.8) is 0 Å². The SMILES string of the molecule is CN1CCC(Cn2cc(Nc3nc4c(-c5ccc(C(=O)O)cc5)cccn4n3)cn2)C1. The van der Waals surface area contributed by atoms with Crippen molar-refractivity contribution in [3.05, 3.63) is 60.6 Å². The second-order valence-corrected chi connectivity index (χ2v) is 8.00. The van der Waals surface area contributed by atoms with Crippen molar-refractivity contribution in [2.24, 2.45) is 5.92 Å². The average Bonchev–Trinajstić information content (AvgIpc) is 3.48. The Labute approximate surface area is 178 Å². The van der Waals surface area contributed by atoms with E-state index in [9.17, 15) is 4.79 Å². The lowest BCUT2D eigenvalue weighted by Crippen LogP contribution is -2.17. The summed E-state index contributed by atoms with van der Waals surface area (Å²) < 4.78 is 3.68. The number of hydrogen-bond donors (Lipinski definition) is 2. The van der Waals surface area contributed by atoms with E-state index in [0.717, 1.165) is 36.4 Å². The van der Waals surface area contributed by atoms with Crippen LogP contribution < -0.4 is 5.32 Å². The van der Waals surface area contributed by atoms with Crippen molar-refractivity contribution >= 4 is 23.3 Å². The van der Waals surface area contributed by atoms with Crippen LogP contribution in [0, 0.1) is 5.92 Å². The van der Waals surface area contributed by atoms with Gasteiger partial charge in [-0.2, -0.15) is 10.1 Å². The van der Waals surface area contributed by atoms with Gasteiger partial charge in [0.2, 0.25) is 5.95 Å². The van der Waals surface area contributed by atoms with Crippen molar-refractivity contribution in [2.45, 2.75) is 13.0 Å². The van der Waals surface area contributed by atoms with Gasteiger partial charge in [0.1, 0.15) is 0 Å². The first-order chi connectivity index (χ1) is 15.0. The van der Waals surface area contributed by atoms with Gasteiger partial charge in [-0.15, -0.1) is 5.10 Å². The van der Waals surface area contributed by atoms with Gasteiger partial charge < -0.3 is 15.3 Å². The number of carbonyl (C=O) groups is 1. The number of carboxylic acid groups (broad SMARTS) is 1. The number of fused-ring (bicyclic) bond motifs is 1. The standard InChI is InChI=1S/C22H23N7O2/c1-27-10-8-15(12-27)13-28-14-18(11-23-28)24-22-25-20-19(3-2-9-29(20)26-22)16-4-6-17(7-5-16)21(30)31/h2-7,9,11,14-15H,8,10,12-13H2,1H3,(H,24,26)(H,30,31). The number of pyridine rings is 1. The second kappa shape index (κ2) is 7.84. The molecule has 0 bridgehead atoms. The van der Waals surface area contributed by atoms with Gasteiger partial charge in [-0.25, -0.2) is 9.31 Å². The molecular weight excluding hydrogens is 394 g/mol. The summed E-state index contributed by atoms with van der Waals surface area (Å²) >= 11 is 0. The Morgan fingerprint density at radius 1 is 1.26 bits per heavy atom. The smallest absolute Gasteiger partial charge is 0.335 e. The van der Waals surface area contributed by atoms with Gasteiger partial charge in [-0.3, -0.25) is 4.68 Å². The van der Waals surface area contributed by atoms with Crippen molar-refractivity contribution < 1.29 is 9.90 Å². The van der Waals surface area contributed by atoms with E-state index in [1.54, 1.807) is 35.0 Å². The highest BCUT2D eigenvalue weighted by Crippen LogP contribution is 2.25. The van der Waals surface area contributed by atoms with E-state index >= 15 is 0 Å². The molecule has 1 atom stereocenters. The first kappa shape index (κ1) is 19.3. The minimum absolute atomic E-state index is 0.251. The Hall–Kier alpha value is -3.72. The number of benzene rings is 1. The molecule has 1 aliphatic rings. The minimum Gasteiger partial charge on any atom is -0.478 e. The predicted octanol–water partition coefficient (Wildman–Crippen LogP) is 2.99. The van der Waals surface area contributed by atoms with Crippen LogP contribution in [-0.4, -0.2) is 60.5 Å². The van der Waals surface area contributed by atoms with Crippen LogP contribution in [0.15, 0.2) is 55.0 Å². The molecule has 0 amide bonds. The molecule has 1 aromatic carbocycles. The molecule has 9 nitrogen and oxygen atoms in total. The number of anilines is 2. The fourth-order valence-corrected chi connectivity index (χ4v) is 4.07. The fourth-order valence-electron chi connectivity index (χ4n) is 4.07. The van der Waals surface area contributed by atoms with Crippen LogP contribution in [0.5, 0.6) is 0 Å². The lowest BCUT2D eigenvalue weighted by molar-refractivity contribution is 0.0697. The van der Waals surface area contributed by atoms with Crippen LogP contribution in [0.2, 0.25) is 0 Å². The Kier molecular flexibility index (Phi) is 4.87. The van der Waals surface area contributed by atoms with Crippen LogP contribution >= 0.6 is 0 Å². The molecule has 0 radical (unpaired) electrons. The van der Waals surface area contributed by atoms with E-state index in [4.69, 9.17) is 5.11 Å². The molecule has 0 aliphatic carbocycles. The van der Waals surface area contributed by atoms with Gasteiger partial charge in [0.05, 0.1) is 17.4 Å². The topological polar surface area (TPSA) is 101 Å². The molecule has 4 aromatic rings. The number of likely N-dealkylation sites (tertiary alicyclic amines) is 1. The molecule has 2 N–H and O–H groups in total. The lowest BCUT2D eigenvalue weighted by atomic mass is 10.1. The van der Waals surface area contributed by atoms with E-state index in [0.29, 0.717) is 17.5 Å². The number of nitrogens with zero attached hydrogens (tertiary/aromatic N) is 6. The van der Waals surface area contributed by atoms with Crippen molar-refractivity contribution in [2.75, 3.05) is 25.5 Å². The molecule has 3 aromatic heterocycles. The second-order valence-electron chi connectivity index (χ2n) is 8.00. The first-order valence-corrected chi connectivity index (χ1v) is 10.2. The van der Waals surface area contributed by atoms with Gasteiger partial charge in [0.25, 0.3) is 0 Å². The Bertz CT molecular complexity index is 1230. The zero-order valence-corrected chi connectivity index (χ0v) is 17.1. The monoisotopic (exact) mass is 417 g/mol. The van der Waals surface area contributed by atoms with E-state index in [2.05, 4.69) is 32.4 Å². The number of hydrogen-bond acceptors (Lipinski definition) is 6. The molecule has 5 rings (SSSR count). The molecule has 158 valence electrons. The number of aromatic carboxylic acids is 1. The van der Waals surface area contributed by atoms with Gasteiger partial charge in [0.15, 0.2) is 5.65 Å². The van der Waals surface area contributed by atoms with Crippen molar-refractivity contribution in [1.82, 2.24) is 29.3 Å². The fraction of sp³-hybridized carbons (Fsp3) is 0.273. The summed E-state index contributed by atoms with van der Waals surface area (Å²) in [6.45, 7) is 3.15. The normalized spacial score (nSPS) is 16.7. The highest BCUT2D eigenvalue weighted by molar-refractivity contribution is 5.89. The van der Waals surface area contributed by atoms with Crippen LogP contribution in [0.25, 0.3) is 16.8 Å². The first-order valence-electron chi connectivity index (χ1n) is 10.2. The molecule has 0 saturated carbocycles. The third-order valence-electron chi connectivity index (χ3n) is 5.63. The molecule has 1 unspecified atom stereocenters. The largest absolute Gasteiger partial charge is 0.478 e. The zero-order chi connectivity index (χ0) is 21.4. The maximum atomic E-state index is 11.1. The molecule has 1 fully saturated rings. The predicted molar refractivity (Wildman–Crippen MR) is 116 cm³/mol. The molecular formula is C22H23N7O2. The van der Waals surface area contributed by atoms with Gasteiger partial charge >= 0.3 is 5.97 Å². The van der Waals surface area contributed by atoms with Crippen LogP contribution in [0.4, 0.5) is 11.6 Å². The molecule has 1 saturated heterocycles. The minimum atomic E-state index is -0.945. The molecule has 9 heteroatoms. The number of carboxylic acids is 1. The van der Waals surface area contributed by atoms with E-state index in [-0.39, 0.29) is 5.56 Å².